The van der Waals surface area contributed by atoms with E-state index >= 15 is 0 Å². The highest BCUT2D eigenvalue weighted by Gasteiger charge is 2.18. The van der Waals surface area contributed by atoms with E-state index in [1.165, 1.54) is 6.33 Å². The second kappa shape index (κ2) is 5.62. The third-order valence-corrected chi connectivity index (χ3v) is 2.85. The maximum atomic E-state index is 12.0. The van der Waals surface area contributed by atoms with Crippen molar-refractivity contribution in [1.82, 2.24) is 14.8 Å². The first-order valence-electron chi connectivity index (χ1n) is 6.10. The van der Waals surface area contributed by atoms with Gasteiger partial charge in [-0.15, -0.1) is 0 Å². The Balaban J connectivity index is 2.24. The zero-order chi connectivity index (χ0) is 13.8. The molecule has 0 radical (unpaired) electrons. The summed E-state index contributed by atoms with van der Waals surface area (Å²) in [6, 6.07) is 6.84. The van der Waals surface area contributed by atoms with Crippen LogP contribution < -0.4 is 11.1 Å². The molecule has 0 saturated heterocycles. The molecule has 3 N–H and O–H groups in total. The lowest BCUT2D eigenvalue weighted by Gasteiger charge is -2.17. The van der Waals surface area contributed by atoms with E-state index in [9.17, 15) is 4.79 Å². The number of anilines is 1. The number of nitrogens with one attached hydrogen (secondary N) is 1. The molecule has 2 rings (SSSR count). The monoisotopic (exact) mass is 259 g/mol. The van der Waals surface area contributed by atoms with Gasteiger partial charge in [-0.1, -0.05) is 26.0 Å². The van der Waals surface area contributed by atoms with E-state index in [0.717, 1.165) is 5.69 Å². The highest BCUT2D eigenvalue weighted by molar-refractivity contribution is 5.96. The van der Waals surface area contributed by atoms with Gasteiger partial charge in [-0.2, -0.15) is 5.10 Å². The molecule has 6 heteroatoms. The van der Waals surface area contributed by atoms with E-state index in [2.05, 4.69) is 15.4 Å². The third kappa shape index (κ3) is 2.97. The highest BCUT2D eigenvalue weighted by atomic mass is 16.2. The number of nitrogens with zero attached hydrogens (tertiary/aromatic N) is 3. The Morgan fingerprint density at radius 2 is 2.11 bits per heavy atom. The number of aromatic nitrogens is 3. The van der Waals surface area contributed by atoms with E-state index in [1.807, 2.05) is 38.1 Å². The van der Waals surface area contributed by atoms with E-state index < -0.39 is 6.04 Å². The van der Waals surface area contributed by atoms with Crippen molar-refractivity contribution in [2.45, 2.75) is 19.9 Å². The molecule has 1 amide bonds. The van der Waals surface area contributed by atoms with Gasteiger partial charge in [-0.05, 0) is 18.1 Å². The minimum absolute atomic E-state index is 0.0820. The van der Waals surface area contributed by atoms with Crippen LogP contribution in [0.1, 0.15) is 13.8 Å². The van der Waals surface area contributed by atoms with Crippen LogP contribution in [0.5, 0.6) is 0 Å². The van der Waals surface area contributed by atoms with Crippen LogP contribution >= 0.6 is 0 Å². The van der Waals surface area contributed by atoms with Crippen molar-refractivity contribution in [3.8, 4) is 5.69 Å². The number of rotatable bonds is 4. The fourth-order valence-electron chi connectivity index (χ4n) is 1.63. The molecule has 0 fully saturated rings. The van der Waals surface area contributed by atoms with Crippen molar-refractivity contribution in [2.75, 3.05) is 5.32 Å². The van der Waals surface area contributed by atoms with Gasteiger partial charge < -0.3 is 11.1 Å². The summed E-state index contributed by atoms with van der Waals surface area (Å²) in [5.74, 6) is -0.124. The fraction of sp³-hybridized carbons (Fsp3) is 0.308. The fourth-order valence-corrected chi connectivity index (χ4v) is 1.63. The molecule has 19 heavy (non-hydrogen) atoms. The third-order valence-electron chi connectivity index (χ3n) is 2.85. The number of para-hydroxylation sites is 2. The van der Waals surface area contributed by atoms with Crippen LogP contribution in [0, 0.1) is 5.92 Å². The summed E-state index contributed by atoms with van der Waals surface area (Å²) in [4.78, 5) is 15.9. The number of benzene rings is 1. The number of carbonyl (C=O) groups is 1. The molecule has 1 aromatic carbocycles. The van der Waals surface area contributed by atoms with Gasteiger partial charge in [-0.3, -0.25) is 4.79 Å². The molecule has 0 unspecified atom stereocenters. The topological polar surface area (TPSA) is 85.8 Å². The minimum Gasteiger partial charge on any atom is -0.323 e. The Kier molecular flexibility index (Phi) is 3.91. The summed E-state index contributed by atoms with van der Waals surface area (Å²) in [6.45, 7) is 3.82. The Bertz CT molecular complexity index is 550. The van der Waals surface area contributed by atoms with Crippen LogP contribution in [-0.4, -0.2) is 26.7 Å². The van der Waals surface area contributed by atoms with Crippen molar-refractivity contribution in [2.24, 2.45) is 11.7 Å². The standard InChI is InChI=1S/C13H17N5O/c1-9(2)12(14)13(19)17-10-5-3-4-6-11(10)18-8-15-7-16-18/h3-9,12H,14H2,1-2H3,(H,17,19)/t12-/m1/s1. The molecule has 6 nitrogen and oxygen atoms in total. The van der Waals surface area contributed by atoms with Crippen LogP contribution in [0.3, 0.4) is 0 Å². The second-order valence-electron chi connectivity index (χ2n) is 4.62. The van der Waals surface area contributed by atoms with Crippen LogP contribution in [0.25, 0.3) is 5.69 Å². The van der Waals surface area contributed by atoms with Gasteiger partial charge in [0.1, 0.15) is 12.7 Å². The highest BCUT2D eigenvalue weighted by Crippen LogP contribution is 2.19. The number of nitrogens with two attached hydrogens (primary N) is 1. The van der Waals surface area contributed by atoms with Crippen molar-refractivity contribution >= 4 is 11.6 Å². The summed E-state index contributed by atoms with van der Waals surface area (Å²) in [6.07, 6.45) is 3.02. The van der Waals surface area contributed by atoms with Gasteiger partial charge in [0.25, 0.3) is 0 Å². The molecule has 0 saturated carbocycles. The van der Waals surface area contributed by atoms with E-state index in [0.29, 0.717) is 5.69 Å². The lowest BCUT2D eigenvalue weighted by atomic mass is 10.0. The Hall–Kier alpha value is -2.21. The molecule has 0 aliphatic heterocycles. The number of amides is 1. The van der Waals surface area contributed by atoms with Gasteiger partial charge in [0.05, 0.1) is 17.4 Å². The summed E-state index contributed by atoms with van der Waals surface area (Å²) in [5.41, 5.74) is 7.24. The van der Waals surface area contributed by atoms with Gasteiger partial charge in [0.2, 0.25) is 5.91 Å². The number of carbonyl (C=O) groups excluding carboxylic acids is 1. The molecular weight excluding hydrogens is 242 g/mol. The minimum atomic E-state index is -0.538. The summed E-state index contributed by atoms with van der Waals surface area (Å²) >= 11 is 0. The zero-order valence-corrected chi connectivity index (χ0v) is 10.9. The van der Waals surface area contributed by atoms with Gasteiger partial charge in [0.15, 0.2) is 0 Å². The summed E-state index contributed by atoms with van der Waals surface area (Å²) in [7, 11) is 0. The van der Waals surface area contributed by atoms with E-state index in [-0.39, 0.29) is 11.8 Å². The Morgan fingerprint density at radius 1 is 1.37 bits per heavy atom. The van der Waals surface area contributed by atoms with Gasteiger partial charge in [0, 0.05) is 0 Å². The molecule has 1 aromatic heterocycles. The lowest BCUT2D eigenvalue weighted by molar-refractivity contribution is -0.118. The van der Waals surface area contributed by atoms with Crippen molar-refractivity contribution < 1.29 is 4.79 Å². The smallest absolute Gasteiger partial charge is 0.241 e. The predicted molar refractivity (Wildman–Crippen MR) is 72.8 cm³/mol. The van der Waals surface area contributed by atoms with Crippen molar-refractivity contribution in [3.63, 3.8) is 0 Å². The summed E-state index contributed by atoms with van der Waals surface area (Å²) < 4.78 is 1.59. The van der Waals surface area contributed by atoms with E-state index in [4.69, 9.17) is 5.73 Å². The Morgan fingerprint density at radius 3 is 2.74 bits per heavy atom. The molecule has 0 aliphatic rings. The van der Waals surface area contributed by atoms with Crippen molar-refractivity contribution in [3.05, 3.63) is 36.9 Å². The predicted octanol–water partition coefficient (Wildman–Crippen LogP) is 1.19. The van der Waals surface area contributed by atoms with Crippen LogP contribution in [0.2, 0.25) is 0 Å². The van der Waals surface area contributed by atoms with Gasteiger partial charge >= 0.3 is 0 Å². The van der Waals surface area contributed by atoms with E-state index in [1.54, 1.807) is 11.0 Å². The molecular formula is C13H17N5O. The quantitative estimate of drug-likeness (QED) is 0.863. The SMILES string of the molecule is CC(C)[C@@H](N)C(=O)Nc1ccccc1-n1cncn1. The first-order chi connectivity index (χ1) is 9.09. The van der Waals surface area contributed by atoms with Crippen molar-refractivity contribution in [1.29, 1.82) is 0 Å². The first kappa shape index (κ1) is 13.2. The molecule has 0 spiro atoms. The maximum absolute atomic E-state index is 12.0. The average molecular weight is 259 g/mol. The first-order valence-corrected chi connectivity index (χ1v) is 6.10. The average Bonchev–Trinajstić information content (AvgIpc) is 2.92. The number of hydrogen-bond acceptors (Lipinski definition) is 4. The largest absolute Gasteiger partial charge is 0.323 e. The molecule has 1 heterocycles. The summed E-state index contributed by atoms with van der Waals surface area (Å²) in [5, 5.41) is 6.88. The normalized spacial score (nSPS) is 12.4. The lowest BCUT2D eigenvalue weighted by Crippen LogP contribution is -2.39. The second-order valence-corrected chi connectivity index (χ2v) is 4.62. The maximum Gasteiger partial charge on any atom is 0.241 e. The van der Waals surface area contributed by atoms with Crippen LogP contribution in [0.4, 0.5) is 5.69 Å². The number of hydrogen-bond donors (Lipinski definition) is 2. The molecule has 0 aliphatic carbocycles. The zero-order valence-electron chi connectivity index (χ0n) is 10.9. The molecule has 100 valence electrons. The van der Waals surface area contributed by atoms with Gasteiger partial charge in [-0.25, -0.2) is 9.67 Å². The molecule has 2 aromatic rings. The van der Waals surface area contributed by atoms with Crippen LogP contribution in [0.15, 0.2) is 36.9 Å². The Labute approximate surface area is 111 Å². The van der Waals surface area contributed by atoms with Crippen LogP contribution in [-0.2, 0) is 4.79 Å². The molecule has 1 atom stereocenters. The molecule has 0 bridgehead atoms.